The van der Waals surface area contributed by atoms with Gasteiger partial charge in [0, 0.05) is 6.04 Å². The average Bonchev–Trinajstić information content (AvgIpc) is 2.49. The normalized spacial score (nSPS) is 14.0. The van der Waals surface area contributed by atoms with Crippen molar-refractivity contribution < 1.29 is 9.90 Å². The Labute approximate surface area is 137 Å². The van der Waals surface area contributed by atoms with Gasteiger partial charge in [0.15, 0.2) is 0 Å². The zero-order valence-electron chi connectivity index (χ0n) is 14.6. The van der Waals surface area contributed by atoms with E-state index in [-0.39, 0.29) is 12.0 Å². The fraction of sp³-hybridized carbons (Fsp3) is 0.944. The largest absolute Gasteiger partial charge is 0.481 e. The Kier molecular flexibility index (Phi) is 14.9. The van der Waals surface area contributed by atoms with Gasteiger partial charge < -0.3 is 16.6 Å². The second-order valence-corrected chi connectivity index (χ2v) is 6.51. The number of carboxylic acid groups (broad SMARTS) is 1. The van der Waals surface area contributed by atoms with Gasteiger partial charge in [-0.3, -0.25) is 4.79 Å². The van der Waals surface area contributed by atoms with Crippen LogP contribution in [-0.4, -0.2) is 23.7 Å². The lowest BCUT2D eigenvalue weighted by Gasteiger charge is -2.20. The van der Waals surface area contributed by atoms with Crippen LogP contribution in [0.3, 0.4) is 0 Å². The molecule has 22 heavy (non-hydrogen) atoms. The summed E-state index contributed by atoms with van der Waals surface area (Å²) in [5.41, 5.74) is 11.5. The van der Waals surface area contributed by atoms with Gasteiger partial charge in [0.05, 0.1) is 5.92 Å². The second kappa shape index (κ2) is 15.3. The van der Waals surface area contributed by atoms with Gasteiger partial charge in [0.1, 0.15) is 0 Å². The molecule has 0 rings (SSSR count). The maximum absolute atomic E-state index is 11.4. The zero-order valence-corrected chi connectivity index (χ0v) is 14.6. The van der Waals surface area contributed by atoms with Crippen LogP contribution in [0.15, 0.2) is 0 Å². The van der Waals surface area contributed by atoms with Crippen LogP contribution < -0.4 is 11.5 Å². The van der Waals surface area contributed by atoms with Crippen LogP contribution in [0.25, 0.3) is 0 Å². The Bertz CT molecular complexity index is 259. The van der Waals surface area contributed by atoms with E-state index in [1.807, 2.05) is 0 Å². The first-order valence-corrected chi connectivity index (χ1v) is 9.31. The van der Waals surface area contributed by atoms with Crippen LogP contribution in [0.1, 0.15) is 90.4 Å². The van der Waals surface area contributed by atoms with E-state index in [4.69, 9.17) is 11.5 Å². The van der Waals surface area contributed by atoms with Gasteiger partial charge in [-0.1, -0.05) is 71.1 Å². The number of carbonyl (C=O) groups is 1. The number of carboxylic acids is 1. The van der Waals surface area contributed by atoms with Gasteiger partial charge in [0.25, 0.3) is 0 Å². The number of aliphatic carboxylic acids is 1. The minimum Gasteiger partial charge on any atom is -0.481 e. The van der Waals surface area contributed by atoms with Gasteiger partial charge in [-0.05, 0) is 25.8 Å². The van der Waals surface area contributed by atoms with Gasteiger partial charge in [-0.15, -0.1) is 0 Å². The van der Waals surface area contributed by atoms with E-state index in [1.165, 1.54) is 38.5 Å². The summed E-state index contributed by atoms with van der Waals surface area (Å²) in [6, 6.07) is -0.208. The third-order valence-corrected chi connectivity index (χ3v) is 4.44. The molecular formula is C18H38N2O2. The number of hydrogen-bond acceptors (Lipinski definition) is 3. The molecule has 4 nitrogen and oxygen atoms in total. The Morgan fingerprint density at radius 2 is 1.36 bits per heavy atom. The van der Waals surface area contributed by atoms with Crippen molar-refractivity contribution in [2.45, 2.75) is 96.4 Å². The monoisotopic (exact) mass is 314 g/mol. The molecule has 132 valence electrons. The fourth-order valence-electron chi connectivity index (χ4n) is 2.92. The molecule has 0 fully saturated rings. The predicted molar refractivity (Wildman–Crippen MR) is 93.9 cm³/mol. The van der Waals surface area contributed by atoms with Crippen LogP contribution >= 0.6 is 0 Å². The van der Waals surface area contributed by atoms with Crippen molar-refractivity contribution in [3.05, 3.63) is 0 Å². The standard InChI is InChI=1S/C18H38N2O2/c1-2-3-4-5-6-7-8-10-13-16(18(21)22)17(20)14-11-9-12-15-19/h16-17H,2-15,19-20H2,1H3,(H,21,22). The fourth-order valence-corrected chi connectivity index (χ4v) is 2.92. The molecule has 0 spiro atoms. The molecule has 4 heteroatoms. The smallest absolute Gasteiger partial charge is 0.308 e. The zero-order chi connectivity index (χ0) is 16.6. The molecule has 0 radical (unpaired) electrons. The van der Waals surface area contributed by atoms with Gasteiger partial charge >= 0.3 is 5.97 Å². The molecular weight excluding hydrogens is 276 g/mol. The molecule has 0 saturated carbocycles. The summed E-state index contributed by atoms with van der Waals surface area (Å²) in [6.07, 6.45) is 14.5. The van der Waals surface area contributed by atoms with E-state index in [9.17, 15) is 9.90 Å². The maximum atomic E-state index is 11.4. The van der Waals surface area contributed by atoms with Crippen molar-refractivity contribution in [1.29, 1.82) is 0 Å². The van der Waals surface area contributed by atoms with Crippen LogP contribution in [0.5, 0.6) is 0 Å². The summed E-state index contributed by atoms with van der Waals surface area (Å²) in [7, 11) is 0. The summed E-state index contributed by atoms with van der Waals surface area (Å²) in [5.74, 6) is -1.10. The van der Waals surface area contributed by atoms with Crippen LogP contribution in [0.2, 0.25) is 0 Å². The van der Waals surface area contributed by atoms with Gasteiger partial charge in [-0.25, -0.2) is 0 Å². The molecule has 5 N–H and O–H groups in total. The average molecular weight is 315 g/mol. The third-order valence-electron chi connectivity index (χ3n) is 4.44. The molecule has 0 aromatic rings. The summed E-state index contributed by atoms with van der Waals surface area (Å²) < 4.78 is 0. The quantitative estimate of drug-likeness (QED) is 0.375. The molecule has 2 atom stereocenters. The van der Waals surface area contributed by atoms with E-state index in [1.54, 1.807) is 0 Å². The number of rotatable bonds is 16. The number of unbranched alkanes of at least 4 members (excludes halogenated alkanes) is 9. The number of hydrogen-bond donors (Lipinski definition) is 3. The van der Waals surface area contributed by atoms with Crippen molar-refractivity contribution in [2.75, 3.05) is 6.54 Å². The second-order valence-electron chi connectivity index (χ2n) is 6.51. The van der Waals surface area contributed by atoms with Crippen molar-refractivity contribution >= 4 is 5.97 Å². The Morgan fingerprint density at radius 1 is 0.864 bits per heavy atom. The van der Waals surface area contributed by atoms with Crippen molar-refractivity contribution in [1.82, 2.24) is 0 Å². The highest BCUT2D eigenvalue weighted by Crippen LogP contribution is 2.18. The van der Waals surface area contributed by atoms with Gasteiger partial charge in [0.2, 0.25) is 0 Å². The first-order chi connectivity index (χ1) is 10.6. The van der Waals surface area contributed by atoms with Crippen molar-refractivity contribution in [2.24, 2.45) is 17.4 Å². The number of nitrogens with two attached hydrogens (primary N) is 2. The molecule has 0 amide bonds. The van der Waals surface area contributed by atoms with E-state index in [2.05, 4.69) is 6.92 Å². The SMILES string of the molecule is CCCCCCCCCCC(C(=O)O)C(N)CCCCCN. The van der Waals surface area contributed by atoms with Crippen LogP contribution in [0.4, 0.5) is 0 Å². The first-order valence-electron chi connectivity index (χ1n) is 9.31. The third kappa shape index (κ3) is 12.0. The lowest BCUT2D eigenvalue weighted by Crippen LogP contribution is -2.35. The van der Waals surface area contributed by atoms with E-state index < -0.39 is 5.97 Å². The predicted octanol–water partition coefficient (Wildman–Crippen LogP) is 4.06. The summed E-state index contributed by atoms with van der Waals surface area (Å²) in [6.45, 7) is 2.93. The Balaban J connectivity index is 3.73. The van der Waals surface area contributed by atoms with E-state index in [0.29, 0.717) is 6.54 Å². The van der Waals surface area contributed by atoms with Crippen LogP contribution in [-0.2, 0) is 4.79 Å². The summed E-state index contributed by atoms with van der Waals surface area (Å²) in [5, 5.41) is 9.35. The minimum atomic E-state index is -0.728. The lowest BCUT2D eigenvalue weighted by molar-refractivity contribution is -0.142. The highest BCUT2D eigenvalue weighted by atomic mass is 16.4. The molecule has 0 saturated heterocycles. The molecule has 0 aromatic heterocycles. The van der Waals surface area contributed by atoms with E-state index >= 15 is 0 Å². The first kappa shape index (κ1) is 21.4. The van der Waals surface area contributed by atoms with E-state index in [0.717, 1.165) is 44.9 Å². The lowest BCUT2D eigenvalue weighted by atomic mass is 9.90. The molecule has 0 heterocycles. The van der Waals surface area contributed by atoms with Crippen LogP contribution in [0, 0.1) is 5.92 Å². The molecule has 0 aliphatic carbocycles. The highest BCUT2D eigenvalue weighted by molar-refractivity contribution is 5.70. The van der Waals surface area contributed by atoms with Crippen molar-refractivity contribution in [3.63, 3.8) is 0 Å². The molecule has 2 unspecified atom stereocenters. The molecule has 0 aliphatic heterocycles. The topological polar surface area (TPSA) is 89.3 Å². The minimum absolute atomic E-state index is 0.208. The Morgan fingerprint density at radius 3 is 1.91 bits per heavy atom. The molecule has 0 bridgehead atoms. The molecule has 0 aliphatic rings. The Hall–Kier alpha value is -0.610. The maximum Gasteiger partial charge on any atom is 0.308 e. The summed E-state index contributed by atoms with van der Waals surface area (Å²) in [4.78, 5) is 11.4. The highest BCUT2D eigenvalue weighted by Gasteiger charge is 2.24. The van der Waals surface area contributed by atoms with Gasteiger partial charge in [-0.2, -0.15) is 0 Å². The summed E-state index contributed by atoms with van der Waals surface area (Å²) >= 11 is 0. The van der Waals surface area contributed by atoms with Crippen molar-refractivity contribution in [3.8, 4) is 0 Å². The molecule has 0 aromatic carbocycles.